The summed E-state index contributed by atoms with van der Waals surface area (Å²) in [7, 11) is 0. The van der Waals surface area contributed by atoms with E-state index >= 15 is 0 Å². The molecule has 0 N–H and O–H groups in total. The van der Waals surface area contributed by atoms with E-state index in [1.54, 1.807) is 0 Å². The van der Waals surface area contributed by atoms with Crippen LogP contribution in [0.1, 0.15) is 19.3 Å². The Morgan fingerprint density at radius 1 is 1.38 bits per heavy atom. The lowest BCUT2D eigenvalue weighted by atomic mass is 9.74. The van der Waals surface area contributed by atoms with Crippen molar-refractivity contribution in [1.29, 1.82) is 0 Å². The first-order valence-electron chi connectivity index (χ1n) is 4.69. The highest BCUT2D eigenvalue weighted by atomic mass is 16.1. The van der Waals surface area contributed by atoms with Gasteiger partial charge in [-0.2, -0.15) is 0 Å². The zero-order valence-electron chi connectivity index (χ0n) is 7.40. The molecule has 0 aromatic rings. The van der Waals surface area contributed by atoms with E-state index in [2.05, 4.69) is 6.08 Å². The van der Waals surface area contributed by atoms with Crippen molar-refractivity contribution in [1.82, 2.24) is 0 Å². The molecule has 0 aliphatic heterocycles. The van der Waals surface area contributed by atoms with Crippen LogP contribution in [0.5, 0.6) is 0 Å². The molecular weight excluding hydrogens is 164 g/mol. The molecule has 2 nitrogen and oxygen atoms in total. The molecule has 2 aliphatic rings. The van der Waals surface area contributed by atoms with Gasteiger partial charge in [-0.25, -0.2) is 0 Å². The van der Waals surface area contributed by atoms with Crippen LogP contribution < -0.4 is 0 Å². The largest absolute Gasteiger partial charge is 0.303 e. The molecule has 2 heteroatoms. The molecule has 2 unspecified atom stereocenters. The molecule has 0 amide bonds. The summed E-state index contributed by atoms with van der Waals surface area (Å²) in [6, 6.07) is 0. The predicted octanol–water partition coefficient (Wildman–Crippen LogP) is 1.67. The smallest absolute Gasteiger partial charge is 0.169 e. The maximum absolute atomic E-state index is 11.7. The van der Waals surface area contributed by atoms with Gasteiger partial charge in [0, 0.05) is 0 Å². The summed E-state index contributed by atoms with van der Waals surface area (Å²) in [5.74, 6) is 0.0679. The molecule has 1 fully saturated rings. The molecule has 0 spiro atoms. The topological polar surface area (TPSA) is 34.1 Å². The lowest BCUT2D eigenvalue weighted by molar-refractivity contribution is -0.126. The Hall–Kier alpha value is -1.18. The monoisotopic (exact) mass is 176 g/mol. The summed E-state index contributed by atoms with van der Waals surface area (Å²) >= 11 is 0. The Kier molecular flexibility index (Phi) is 2.13. The van der Waals surface area contributed by atoms with E-state index in [1.807, 2.05) is 12.2 Å². The molecule has 0 aromatic heterocycles. The standard InChI is InChI=1S/C11H12O2/c12-7-9-6-5-8-3-1-2-4-10(8)11(9)13/h1-2,4,7-9H,3,5-6H2. The number of carbonyl (C=O) groups is 2. The average Bonchev–Trinajstić information content (AvgIpc) is 2.19. The van der Waals surface area contributed by atoms with Crippen molar-refractivity contribution in [2.75, 3.05) is 0 Å². The first-order valence-corrected chi connectivity index (χ1v) is 4.69. The molecule has 0 heterocycles. The zero-order chi connectivity index (χ0) is 9.26. The SMILES string of the molecule is O=CC1CCC2CC=CC=C2C1=O. The number of aldehydes is 1. The number of hydrogen-bond acceptors (Lipinski definition) is 2. The fourth-order valence-corrected chi connectivity index (χ4v) is 2.09. The van der Waals surface area contributed by atoms with E-state index in [9.17, 15) is 9.59 Å². The number of rotatable bonds is 1. The highest BCUT2D eigenvalue weighted by Gasteiger charge is 2.32. The molecule has 0 aromatic carbocycles. The number of Topliss-reactive ketones (excluding diaryl/α,β-unsaturated/α-hetero) is 1. The highest BCUT2D eigenvalue weighted by Crippen LogP contribution is 2.34. The number of hydrogen-bond donors (Lipinski definition) is 0. The van der Waals surface area contributed by atoms with Crippen molar-refractivity contribution in [3.8, 4) is 0 Å². The number of fused-ring (bicyclic) bond motifs is 1. The summed E-state index contributed by atoms with van der Waals surface area (Å²) in [5, 5.41) is 0. The third kappa shape index (κ3) is 1.37. The summed E-state index contributed by atoms with van der Waals surface area (Å²) in [6.07, 6.45) is 9.33. The Morgan fingerprint density at radius 2 is 2.23 bits per heavy atom. The minimum absolute atomic E-state index is 0.0515. The first-order chi connectivity index (χ1) is 6.33. The molecular formula is C11H12O2. The van der Waals surface area contributed by atoms with Gasteiger partial charge in [0.1, 0.15) is 6.29 Å². The van der Waals surface area contributed by atoms with Crippen LogP contribution in [0.4, 0.5) is 0 Å². The zero-order valence-corrected chi connectivity index (χ0v) is 7.40. The lowest BCUT2D eigenvalue weighted by Crippen LogP contribution is -2.29. The minimum Gasteiger partial charge on any atom is -0.303 e. The van der Waals surface area contributed by atoms with Crippen molar-refractivity contribution < 1.29 is 9.59 Å². The number of ketones is 1. The molecule has 2 atom stereocenters. The normalized spacial score (nSPS) is 32.3. The van der Waals surface area contributed by atoms with Gasteiger partial charge in [0.15, 0.2) is 5.78 Å². The molecule has 2 rings (SSSR count). The van der Waals surface area contributed by atoms with E-state index in [0.29, 0.717) is 5.92 Å². The van der Waals surface area contributed by atoms with Gasteiger partial charge in [-0.1, -0.05) is 18.2 Å². The van der Waals surface area contributed by atoms with Crippen molar-refractivity contribution in [3.05, 3.63) is 23.8 Å². The van der Waals surface area contributed by atoms with Gasteiger partial charge in [0.05, 0.1) is 5.92 Å². The second kappa shape index (κ2) is 3.29. The van der Waals surface area contributed by atoms with Crippen LogP contribution in [0.2, 0.25) is 0 Å². The summed E-state index contributed by atoms with van der Waals surface area (Å²) in [6.45, 7) is 0. The van der Waals surface area contributed by atoms with E-state index in [4.69, 9.17) is 0 Å². The fourth-order valence-electron chi connectivity index (χ4n) is 2.09. The van der Waals surface area contributed by atoms with Crippen LogP contribution in [0, 0.1) is 11.8 Å². The van der Waals surface area contributed by atoms with Gasteiger partial charge in [0.25, 0.3) is 0 Å². The third-order valence-electron chi connectivity index (χ3n) is 2.88. The Morgan fingerprint density at radius 3 is 3.00 bits per heavy atom. The van der Waals surface area contributed by atoms with E-state index in [-0.39, 0.29) is 11.7 Å². The Labute approximate surface area is 77.3 Å². The van der Waals surface area contributed by atoms with Crippen molar-refractivity contribution >= 4 is 12.1 Å². The third-order valence-corrected chi connectivity index (χ3v) is 2.88. The van der Waals surface area contributed by atoms with Gasteiger partial charge in [-0.15, -0.1) is 0 Å². The fraction of sp³-hybridized carbons (Fsp3) is 0.455. The van der Waals surface area contributed by atoms with Gasteiger partial charge in [-0.05, 0) is 30.8 Å². The molecule has 0 saturated heterocycles. The van der Waals surface area contributed by atoms with Gasteiger partial charge in [0.2, 0.25) is 0 Å². The van der Waals surface area contributed by atoms with E-state index in [0.717, 1.165) is 31.1 Å². The second-order valence-electron chi connectivity index (χ2n) is 3.67. The van der Waals surface area contributed by atoms with Crippen LogP contribution in [0.25, 0.3) is 0 Å². The maximum atomic E-state index is 11.7. The van der Waals surface area contributed by atoms with Crippen molar-refractivity contribution in [2.45, 2.75) is 19.3 Å². The summed E-state index contributed by atoms with van der Waals surface area (Å²) in [5.41, 5.74) is 0.867. The highest BCUT2D eigenvalue weighted by molar-refractivity contribution is 6.06. The van der Waals surface area contributed by atoms with Crippen LogP contribution in [0.3, 0.4) is 0 Å². The van der Waals surface area contributed by atoms with Crippen LogP contribution in [0.15, 0.2) is 23.8 Å². The minimum atomic E-state index is -0.367. The van der Waals surface area contributed by atoms with Crippen LogP contribution >= 0.6 is 0 Å². The molecule has 13 heavy (non-hydrogen) atoms. The molecule has 0 radical (unpaired) electrons. The van der Waals surface area contributed by atoms with Gasteiger partial charge in [-0.3, -0.25) is 4.79 Å². The van der Waals surface area contributed by atoms with Crippen molar-refractivity contribution in [3.63, 3.8) is 0 Å². The Bertz CT molecular complexity index is 299. The quantitative estimate of drug-likeness (QED) is 0.450. The van der Waals surface area contributed by atoms with Gasteiger partial charge >= 0.3 is 0 Å². The predicted molar refractivity (Wildman–Crippen MR) is 49.1 cm³/mol. The van der Waals surface area contributed by atoms with Gasteiger partial charge < -0.3 is 4.79 Å². The maximum Gasteiger partial charge on any atom is 0.169 e. The lowest BCUT2D eigenvalue weighted by Gasteiger charge is -2.28. The van der Waals surface area contributed by atoms with E-state index in [1.165, 1.54) is 0 Å². The molecule has 1 saturated carbocycles. The molecule has 0 bridgehead atoms. The van der Waals surface area contributed by atoms with E-state index < -0.39 is 0 Å². The number of carbonyl (C=O) groups excluding carboxylic acids is 2. The summed E-state index contributed by atoms with van der Waals surface area (Å²) < 4.78 is 0. The summed E-state index contributed by atoms with van der Waals surface area (Å²) in [4.78, 5) is 22.2. The molecule has 2 aliphatic carbocycles. The Balaban J connectivity index is 2.26. The average molecular weight is 176 g/mol. The molecule has 68 valence electrons. The van der Waals surface area contributed by atoms with Crippen LogP contribution in [-0.4, -0.2) is 12.1 Å². The van der Waals surface area contributed by atoms with Crippen LogP contribution in [-0.2, 0) is 9.59 Å². The second-order valence-corrected chi connectivity index (χ2v) is 3.67. The number of allylic oxidation sites excluding steroid dienone is 4. The first kappa shape index (κ1) is 8.42. The van der Waals surface area contributed by atoms with Crippen molar-refractivity contribution in [2.24, 2.45) is 11.8 Å².